The minimum atomic E-state index is -0.305. The maximum Gasteiger partial charge on any atom is 0.239 e. The van der Waals surface area contributed by atoms with Crippen LogP contribution in [0, 0.1) is 0 Å². The lowest BCUT2D eigenvalue weighted by molar-refractivity contribution is -0.128. The minimum Gasteiger partial charge on any atom is -0.300 e. The summed E-state index contributed by atoms with van der Waals surface area (Å²) in [6, 6.07) is 20.0. The van der Waals surface area contributed by atoms with Crippen molar-refractivity contribution in [1.29, 1.82) is 0 Å². The van der Waals surface area contributed by atoms with Gasteiger partial charge in [-0.2, -0.15) is 0 Å². The van der Waals surface area contributed by atoms with Crippen LogP contribution in [-0.4, -0.2) is 29.7 Å². The summed E-state index contributed by atoms with van der Waals surface area (Å²) in [6.45, 7) is 7.37. The number of amides is 1. The van der Waals surface area contributed by atoms with Crippen LogP contribution in [0.5, 0.6) is 0 Å². The lowest BCUT2D eigenvalue weighted by atomic mass is 9.90. The first kappa shape index (κ1) is 17.9. The lowest BCUT2D eigenvalue weighted by Gasteiger charge is -2.28. The van der Waals surface area contributed by atoms with E-state index in [1.807, 2.05) is 86.3 Å². The van der Waals surface area contributed by atoms with Crippen molar-refractivity contribution in [3.8, 4) is 0 Å². The van der Waals surface area contributed by atoms with Crippen LogP contribution in [0.15, 0.2) is 65.7 Å². The van der Waals surface area contributed by atoms with Crippen molar-refractivity contribution in [2.45, 2.75) is 33.1 Å². The predicted molar refractivity (Wildman–Crippen MR) is 100 cm³/mol. The summed E-state index contributed by atoms with van der Waals surface area (Å²) in [6.07, 6.45) is 0.754. The summed E-state index contributed by atoms with van der Waals surface area (Å²) in [5.74, 6) is 0.645. The molecule has 2 aromatic carbocycles. The van der Waals surface area contributed by atoms with Crippen LogP contribution in [0.2, 0.25) is 0 Å². The molecule has 1 amide bonds. The fourth-order valence-corrected chi connectivity index (χ4v) is 2.96. The van der Waals surface area contributed by atoms with Crippen LogP contribution in [0.1, 0.15) is 44.2 Å². The second-order valence-corrected chi connectivity index (χ2v) is 5.58. The van der Waals surface area contributed by atoms with Crippen LogP contribution in [0.3, 0.4) is 0 Å². The van der Waals surface area contributed by atoms with Gasteiger partial charge in [0, 0.05) is 19.5 Å². The van der Waals surface area contributed by atoms with Gasteiger partial charge in [-0.3, -0.25) is 9.79 Å². The number of nitrogens with zero attached hydrogens (tertiary/aromatic N) is 2. The van der Waals surface area contributed by atoms with Gasteiger partial charge in [0.15, 0.2) is 0 Å². The van der Waals surface area contributed by atoms with Crippen LogP contribution in [0.25, 0.3) is 0 Å². The second kappa shape index (κ2) is 9.02. The van der Waals surface area contributed by atoms with Gasteiger partial charge < -0.3 is 4.90 Å². The molecule has 0 aliphatic heterocycles. The second-order valence-electron chi connectivity index (χ2n) is 5.58. The molecule has 0 aromatic heterocycles. The Kier molecular flexibility index (Phi) is 6.74. The zero-order valence-corrected chi connectivity index (χ0v) is 14.8. The Labute approximate surface area is 145 Å². The van der Waals surface area contributed by atoms with Gasteiger partial charge in [0.25, 0.3) is 0 Å². The molecule has 3 heteroatoms. The first-order valence-electron chi connectivity index (χ1n) is 8.67. The lowest BCUT2D eigenvalue weighted by Crippen LogP contribution is -2.40. The maximum atomic E-state index is 13.4. The van der Waals surface area contributed by atoms with Gasteiger partial charge in [0.2, 0.25) is 5.91 Å². The smallest absolute Gasteiger partial charge is 0.239 e. The Balaban J connectivity index is 2.47. The van der Waals surface area contributed by atoms with Crippen molar-refractivity contribution in [1.82, 2.24) is 4.90 Å². The molecule has 126 valence electrons. The largest absolute Gasteiger partial charge is 0.300 e. The summed E-state index contributed by atoms with van der Waals surface area (Å²) in [5.41, 5.74) is 2.03. The van der Waals surface area contributed by atoms with E-state index in [1.165, 1.54) is 0 Å². The highest BCUT2D eigenvalue weighted by Crippen LogP contribution is 2.27. The third-order valence-corrected chi connectivity index (χ3v) is 4.06. The quantitative estimate of drug-likeness (QED) is 0.569. The Morgan fingerprint density at radius 3 is 1.79 bits per heavy atom. The molecular weight excluding hydrogens is 296 g/mol. The normalized spacial score (nSPS) is 11.6. The van der Waals surface area contributed by atoms with Crippen molar-refractivity contribution < 1.29 is 4.79 Å². The Morgan fingerprint density at radius 1 is 0.917 bits per heavy atom. The van der Waals surface area contributed by atoms with Gasteiger partial charge in [0.1, 0.15) is 5.84 Å². The van der Waals surface area contributed by atoms with Crippen LogP contribution in [-0.2, 0) is 4.79 Å². The molecule has 2 rings (SSSR count). The van der Waals surface area contributed by atoms with E-state index in [2.05, 4.69) is 4.99 Å². The average molecular weight is 322 g/mol. The molecule has 0 saturated heterocycles. The number of amidine groups is 1. The molecule has 0 saturated carbocycles. The number of aliphatic imine (C=N–C) groups is 1. The van der Waals surface area contributed by atoms with Gasteiger partial charge >= 0.3 is 0 Å². The number of hydrogen-bond donors (Lipinski definition) is 0. The highest BCUT2D eigenvalue weighted by molar-refractivity contribution is 6.02. The SMILES string of the molecule is CCN=C(CC)N(CC)C(=O)C(c1ccccc1)c1ccccc1. The third-order valence-electron chi connectivity index (χ3n) is 4.06. The molecule has 0 aliphatic rings. The van der Waals surface area contributed by atoms with E-state index in [1.54, 1.807) is 0 Å². The fourth-order valence-electron chi connectivity index (χ4n) is 2.96. The zero-order chi connectivity index (χ0) is 17.4. The van der Waals surface area contributed by atoms with E-state index in [0.29, 0.717) is 13.1 Å². The van der Waals surface area contributed by atoms with Gasteiger partial charge in [-0.25, -0.2) is 0 Å². The molecule has 0 heterocycles. The Morgan fingerprint density at radius 2 is 1.42 bits per heavy atom. The summed E-state index contributed by atoms with van der Waals surface area (Å²) in [4.78, 5) is 19.7. The average Bonchev–Trinajstić information content (AvgIpc) is 2.63. The van der Waals surface area contributed by atoms with Gasteiger partial charge in [-0.15, -0.1) is 0 Å². The molecular formula is C21H26N2O. The number of likely N-dealkylation sites (N-methyl/N-ethyl adjacent to an activating group) is 1. The first-order valence-corrected chi connectivity index (χ1v) is 8.67. The molecule has 0 fully saturated rings. The molecule has 0 atom stereocenters. The highest BCUT2D eigenvalue weighted by Gasteiger charge is 2.28. The summed E-state index contributed by atoms with van der Waals surface area (Å²) < 4.78 is 0. The van der Waals surface area contributed by atoms with E-state index < -0.39 is 0 Å². The van der Waals surface area contributed by atoms with Gasteiger partial charge in [-0.1, -0.05) is 67.6 Å². The van der Waals surface area contributed by atoms with E-state index in [4.69, 9.17) is 0 Å². The number of carbonyl (C=O) groups is 1. The van der Waals surface area contributed by atoms with Crippen LogP contribution < -0.4 is 0 Å². The highest BCUT2D eigenvalue weighted by atomic mass is 16.2. The topological polar surface area (TPSA) is 32.7 Å². The monoisotopic (exact) mass is 322 g/mol. The minimum absolute atomic E-state index is 0.0870. The summed E-state index contributed by atoms with van der Waals surface area (Å²) in [5, 5.41) is 0. The van der Waals surface area contributed by atoms with E-state index in [0.717, 1.165) is 23.4 Å². The molecule has 0 spiro atoms. The number of rotatable bonds is 6. The van der Waals surface area contributed by atoms with Crippen molar-refractivity contribution in [3.63, 3.8) is 0 Å². The zero-order valence-electron chi connectivity index (χ0n) is 14.8. The van der Waals surface area contributed by atoms with Crippen molar-refractivity contribution in [2.24, 2.45) is 4.99 Å². The Bertz CT molecular complexity index is 625. The molecule has 24 heavy (non-hydrogen) atoms. The molecule has 0 unspecified atom stereocenters. The predicted octanol–water partition coefficient (Wildman–Crippen LogP) is 4.50. The van der Waals surface area contributed by atoms with Crippen molar-refractivity contribution >= 4 is 11.7 Å². The number of carbonyl (C=O) groups excluding carboxylic acids is 1. The standard InChI is InChI=1S/C21H26N2O/c1-4-19(22-5-2)23(6-3)21(24)20(17-13-9-7-10-14-17)18-15-11-8-12-16-18/h7-16,20H,4-6H2,1-3H3. The molecule has 0 radical (unpaired) electrons. The Hall–Kier alpha value is -2.42. The van der Waals surface area contributed by atoms with Gasteiger partial charge in [0.05, 0.1) is 5.92 Å². The first-order chi connectivity index (χ1) is 11.7. The third kappa shape index (κ3) is 4.10. The summed E-state index contributed by atoms with van der Waals surface area (Å²) in [7, 11) is 0. The van der Waals surface area contributed by atoms with Crippen LogP contribution in [0.4, 0.5) is 0 Å². The summed E-state index contributed by atoms with van der Waals surface area (Å²) >= 11 is 0. The number of benzene rings is 2. The molecule has 2 aromatic rings. The molecule has 0 aliphatic carbocycles. The van der Waals surface area contributed by atoms with E-state index >= 15 is 0 Å². The van der Waals surface area contributed by atoms with Crippen molar-refractivity contribution in [2.75, 3.05) is 13.1 Å². The fraction of sp³-hybridized carbons (Fsp3) is 0.333. The maximum absolute atomic E-state index is 13.4. The molecule has 0 bridgehead atoms. The van der Waals surface area contributed by atoms with E-state index in [9.17, 15) is 4.79 Å². The molecule has 3 nitrogen and oxygen atoms in total. The van der Waals surface area contributed by atoms with Crippen molar-refractivity contribution in [3.05, 3.63) is 71.8 Å². The van der Waals surface area contributed by atoms with Crippen LogP contribution >= 0.6 is 0 Å². The number of hydrogen-bond acceptors (Lipinski definition) is 2. The molecule has 0 N–H and O–H groups in total. The van der Waals surface area contributed by atoms with E-state index in [-0.39, 0.29) is 11.8 Å². The van der Waals surface area contributed by atoms with Gasteiger partial charge in [-0.05, 0) is 25.0 Å².